The zero-order valence-corrected chi connectivity index (χ0v) is 12.0. The van der Waals surface area contributed by atoms with Crippen molar-refractivity contribution in [2.24, 2.45) is 5.73 Å². The standard InChI is InChI=1S/C15H22N2O3/c1-3-9-15(2,14(19)20)17-13(18)12-6-4-11(5-7-12)8-10-16/h4-7H,3,8-10,16H2,1-2H3,(H,17,18)(H,19,20). The molecule has 0 aliphatic rings. The Balaban J connectivity index is 2.81. The largest absolute Gasteiger partial charge is 0.480 e. The highest BCUT2D eigenvalue weighted by Gasteiger charge is 2.33. The second-order valence-electron chi connectivity index (χ2n) is 5.08. The molecule has 0 saturated heterocycles. The molecule has 5 heteroatoms. The Labute approximate surface area is 119 Å². The molecule has 5 nitrogen and oxygen atoms in total. The summed E-state index contributed by atoms with van der Waals surface area (Å²) in [7, 11) is 0. The minimum atomic E-state index is -1.23. The van der Waals surface area contributed by atoms with Crippen molar-refractivity contribution in [2.75, 3.05) is 6.54 Å². The Bertz CT molecular complexity index is 471. The highest BCUT2D eigenvalue weighted by atomic mass is 16.4. The molecule has 110 valence electrons. The van der Waals surface area contributed by atoms with Crippen molar-refractivity contribution in [3.63, 3.8) is 0 Å². The van der Waals surface area contributed by atoms with Crippen LogP contribution in [0.2, 0.25) is 0 Å². The van der Waals surface area contributed by atoms with E-state index in [1.165, 1.54) is 6.92 Å². The smallest absolute Gasteiger partial charge is 0.329 e. The lowest BCUT2D eigenvalue weighted by Gasteiger charge is -2.25. The maximum absolute atomic E-state index is 12.1. The third-order valence-electron chi connectivity index (χ3n) is 3.26. The number of nitrogens with two attached hydrogens (primary N) is 1. The van der Waals surface area contributed by atoms with Crippen LogP contribution in [0.4, 0.5) is 0 Å². The normalized spacial score (nSPS) is 13.6. The fraction of sp³-hybridized carbons (Fsp3) is 0.467. The second-order valence-corrected chi connectivity index (χ2v) is 5.08. The first kappa shape index (κ1) is 16.2. The van der Waals surface area contributed by atoms with Crippen LogP contribution in [0.25, 0.3) is 0 Å². The van der Waals surface area contributed by atoms with Crippen molar-refractivity contribution in [2.45, 2.75) is 38.6 Å². The summed E-state index contributed by atoms with van der Waals surface area (Å²) in [5, 5.41) is 11.8. The van der Waals surface area contributed by atoms with Crippen LogP contribution < -0.4 is 11.1 Å². The van der Waals surface area contributed by atoms with Gasteiger partial charge in [0.05, 0.1) is 0 Å². The summed E-state index contributed by atoms with van der Waals surface area (Å²) in [5.74, 6) is -1.39. The summed E-state index contributed by atoms with van der Waals surface area (Å²) in [6.45, 7) is 3.97. The highest BCUT2D eigenvalue weighted by molar-refractivity contribution is 5.97. The van der Waals surface area contributed by atoms with Gasteiger partial charge in [0.2, 0.25) is 0 Å². The molecule has 4 N–H and O–H groups in total. The van der Waals surface area contributed by atoms with E-state index in [2.05, 4.69) is 5.32 Å². The number of benzene rings is 1. The van der Waals surface area contributed by atoms with E-state index in [0.29, 0.717) is 24.9 Å². The van der Waals surface area contributed by atoms with E-state index in [1.54, 1.807) is 12.1 Å². The summed E-state index contributed by atoms with van der Waals surface area (Å²) in [6, 6.07) is 7.04. The van der Waals surface area contributed by atoms with E-state index in [9.17, 15) is 14.7 Å². The van der Waals surface area contributed by atoms with Gasteiger partial charge in [0.1, 0.15) is 5.54 Å². The van der Waals surface area contributed by atoms with Gasteiger partial charge in [0, 0.05) is 5.56 Å². The first-order valence-electron chi connectivity index (χ1n) is 6.78. The number of hydrogen-bond acceptors (Lipinski definition) is 3. The van der Waals surface area contributed by atoms with Crippen molar-refractivity contribution in [3.8, 4) is 0 Å². The van der Waals surface area contributed by atoms with Gasteiger partial charge in [-0.2, -0.15) is 0 Å². The van der Waals surface area contributed by atoms with Crippen LogP contribution in [0.15, 0.2) is 24.3 Å². The van der Waals surface area contributed by atoms with Crippen LogP contribution in [-0.4, -0.2) is 29.1 Å². The van der Waals surface area contributed by atoms with Gasteiger partial charge >= 0.3 is 5.97 Å². The van der Waals surface area contributed by atoms with Gasteiger partial charge in [-0.05, 0) is 44.0 Å². The minimum absolute atomic E-state index is 0.373. The Morgan fingerprint density at radius 2 is 1.90 bits per heavy atom. The van der Waals surface area contributed by atoms with Gasteiger partial charge in [0.15, 0.2) is 0 Å². The molecule has 0 fully saturated rings. The van der Waals surface area contributed by atoms with Crippen molar-refractivity contribution < 1.29 is 14.7 Å². The van der Waals surface area contributed by atoms with Gasteiger partial charge in [0.25, 0.3) is 5.91 Å². The number of carboxylic acid groups (broad SMARTS) is 1. The zero-order chi connectivity index (χ0) is 15.2. The van der Waals surface area contributed by atoms with E-state index < -0.39 is 11.5 Å². The maximum Gasteiger partial charge on any atom is 0.329 e. The minimum Gasteiger partial charge on any atom is -0.480 e. The van der Waals surface area contributed by atoms with Crippen molar-refractivity contribution in [3.05, 3.63) is 35.4 Å². The quantitative estimate of drug-likeness (QED) is 0.705. The Morgan fingerprint density at radius 1 is 1.30 bits per heavy atom. The maximum atomic E-state index is 12.1. The summed E-state index contributed by atoms with van der Waals surface area (Å²) >= 11 is 0. The fourth-order valence-electron chi connectivity index (χ4n) is 2.04. The molecule has 1 amide bonds. The summed E-state index contributed by atoms with van der Waals surface area (Å²) in [6.07, 6.45) is 1.82. The predicted molar refractivity (Wildman–Crippen MR) is 77.6 cm³/mol. The molecule has 0 bridgehead atoms. The molecule has 0 radical (unpaired) electrons. The number of carbonyl (C=O) groups excluding carboxylic acids is 1. The van der Waals surface area contributed by atoms with Crippen LogP contribution in [0.1, 0.15) is 42.6 Å². The van der Waals surface area contributed by atoms with Gasteiger partial charge in [-0.25, -0.2) is 4.79 Å². The number of carbonyl (C=O) groups is 2. The van der Waals surface area contributed by atoms with Gasteiger partial charge in [-0.1, -0.05) is 25.5 Å². The average Bonchev–Trinajstić information content (AvgIpc) is 2.40. The molecule has 1 aromatic rings. The third-order valence-corrected chi connectivity index (χ3v) is 3.26. The molecular formula is C15H22N2O3. The number of aliphatic carboxylic acids is 1. The lowest BCUT2D eigenvalue weighted by Crippen LogP contribution is -2.52. The Kier molecular flexibility index (Phi) is 5.70. The third kappa shape index (κ3) is 4.06. The molecule has 1 unspecified atom stereocenters. The summed E-state index contributed by atoms with van der Waals surface area (Å²) < 4.78 is 0. The first-order chi connectivity index (χ1) is 9.42. The SMILES string of the molecule is CCCC(C)(NC(=O)c1ccc(CCN)cc1)C(=O)O. The van der Waals surface area contributed by atoms with Gasteiger partial charge < -0.3 is 16.2 Å². The van der Waals surface area contributed by atoms with Crippen LogP contribution in [0.3, 0.4) is 0 Å². The lowest BCUT2D eigenvalue weighted by molar-refractivity contribution is -0.144. The molecular weight excluding hydrogens is 256 g/mol. The van der Waals surface area contributed by atoms with Crippen molar-refractivity contribution in [1.29, 1.82) is 0 Å². The number of hydrogen-bond donors (Lipinski definition) is 3. The molecule has 1 atom stereocenters. The molecule has 0 spiro atoms. The number of nitrogens with one attached hydrogen (secondary N) is 1. The molecule has 0 saturated carbocycles. The van der Waals surface area contributed by atoms with Gasteiger partial charge in [-0.15, -0.1) is 0 Å². The first-order valence-corrected chi connectivity index (χ1v) is 6.78. The van der Waals surface area contributed by atoms with E-state index in [1.807, 2.05) is 19.1 Å². The zero-order valence-electron chi connectivity index (χ0n) is 12.0. The van der Waals surface area contributed by atoms with E-state index in [4.69, 9.17) is 5.73 Å². The molecule has 0 aromatic heterocycles. The topological polar surface area (TPSA) is 92.4 Å². The van der Waals surface area contributed by atoms with E-state index in [0.717, 1.165) is 12.0 Å². The Morgan fingerprint density at radius 3 is 2.35 bits per heavy atom. The molecule has 1 aromatic carbocycles. The monoisotopic (exact) mass is 278 g/mol. The predicted octanol–water partition coefficient (Wildman–Crippen LogP) is 1.56. The number of rotatable bonds is 7. The Hall–Kier alpha value is -1.88. The molecule has 20 heavy (non-hydrogen) atoms. The molecule has 1 rings (SSSR count). The highest BCUT2D eigenvalue weighted by Crippen LogP contribution is 2.14. The van der Waals surface area contributed by atoms with Crippen LogP contribution in [0.5, 0.6) is 0 Å². The van der Waals surface area contributed by atoms with Crippen LogP contribution >= 0.6 is 0 Å². The lowest BCUT2D eigenvalue weighted by atomic mass is 9.95. The van der Waals surface area contributed by atoms with Crippen LogP contribution in [0, 0.1) is 0 Å². The van der Waals surface area contributed by atoms with Crippen LogP contribution in [-0.2, 0) is 11.2 Å². The molecule has 0 aliphatic carbocycles. The van der Waals surface area contributed by atoms with Crippen molar-refractivity contribution >= 4 is 11.9 Å². The summed E-state index contributed by atoms with van der Waals surface area (Å²) in [5.41, 5.74) is 5.74. The molecule has 0 heterocycles. The van der Waals surface area contributed by atoms with Crippen molar-refractivity contribution in [1.82, 2.24) is 5.32 Å². The van der Waals surface area contributed by atoms with Gasteiger partial charge in [-0.3, -0.25) is 4.79 Å². The second kappa shape index (κ2) is 7.05. The summed E-state index contributed by atoms with van der Waals surface area (Å²) in [4.78, 5) is 23.4. The average molecular weight is 278 g/mol. The van der Waals surface area contributed by atoms with E-state index >= 15 is 0 Å². The molecule has 0 aliphatic heterocycles. The number of amides is 1. The number of carboxylic acids is 1. The fourth-order valence-corrected chi connectivity index (χ4v) is 2.04. The van der Waals surface area contributed by atoms with E-state index in [-0.39, 0.29) is 5.91 Å².